The number of carbonyl (C=O) groups is 1. The molecule has 0 aliphatic carbocycles. The van der Waals surface area contributed by atoms with Crippen molar-refractivity contribution in [2.45, 2.75) is 32.9 Å². The molecule has 0 saturated carbocycles. The lowest BCUT2D eigenvalue weighted by Crippen LogP contribution is -2.92. The molecule has 6 N–H and O–H groups in total. The molecular formula is C6H17N2O2+. The summed E-state index contributed by atoms with van der Waals surface area (Å²) in [6.45, 7) is 5.47. The Morgan fingerprint density at radius 2 is 1.60 bits per heavy atom. The normalized spacial score (nSPS) is 9.70. The topological polar surface area (TPSA) is 95.4 Å². The zero-order chi connectivity index (χ0) is 8.78. The predicted octanol–water partition coefficient (Wildman–Crippen LogP) is -2.65. The van der Waals surface area contributed by atoms with Gasteiger partial charge in [-0.1, -0.05) is 6.92 Å². The first-order valence-corrected chi connectivity index (χ1v) is 3.18. The van der Waals surface area contributed by atoms with E-state index in [1.807, 2.05) is 13.8 Å². The minimum atomic E-state index is -0.995. The van der Waals surface area contributed by atoms with Gasteiger partial charge in [-0.25, -0.2) is 0 Å². The molecular weight excluding hydrogens is 132 g/mol. The lowest BCUT2D eigenvalue weighted by Gasteiger charge is -1.98. The predicted molar refractivity (Wildman–Crippen MR) is 35.2 cm³/mol. The van der Waals surface area contributed by atoms with Gasteiger partial charge in [0.05, 0.1) is 0 Å². The van der Waals surface area contributed by atoms with E-state index in [4.69, 9.17) is 0 Å². The van der Waals surface area contributed by atoms with Crippen LogP contribution in [0.3, 0.4) is 0 Å². The number of aliphatic carboxylic acids is 1. The first-order chi connectivity index (χ1) is 4.27. The molecule has 62 valence electrons. The number of quaternary nitrogens is 2. The van der Waals surface area contributed by atoms with E-state index in [1.165, 1.54) is 6.92 Å². The number of carboxylic acids is 1. The van der Waals surface area contributed by atoms with Gasteiger partial charge in [0, 0.05) is 19.8 Å². The molecule has 4 heteroatoms. The van der Waals surface area contributed by atoms with Crippen molar-refractivity contribution in [1.82, 2.24) is 0 Å². The summed E-state index contributed by atoms with van der Waals surface area (Å²) in [7, 11) is 0. The fourth-order valence-electron chi connectivity index (χ4n) is 0. The first kappa shape index (κ1) is 12.1. The number of carboxylic acid groups (broad SMARTS) is 1. The van der Waals surface area contributed by atoms with E-state index in [9.17, 15) is 9.90 Å². The molecule has 0 spiro atoms. The van der Waals surface area contributed by atoms with Gasteiger partial charge in [-0.3, -0.25) is 0 Å². The highest BCUT2D eigenvalue weighted by atomic mass is 16.4. The minimum absolute atomic E-state index is 0. The molecule has 0 unspecified atom stereocenters. The van der Waals surface area contributed by atoms with Crippen LogP contribution in [0.2, 0.25) is 0 Å². The van der Waals surface area contributed by atoms with Gasteiger partial charge in [0.15, 0.2) is 0 Å². The first-order valence-electron chi connectivity index (χ1n) is 3.18. The summed E-state index contributed by atoms with van der Waals surface area (Å²) in [4.78, 5) is 9.26. The van der Waals surface area contributed by atoms with Gasteiger partial charge in [0.25, 0.3) is 0 Å². The minimum Gasteiger partial charge on any atom is -0.550 e. The molecule has 0 aromatic carbocycles. The molecule has 0 fully saturated rings. The summed E-state index contributed by atoms with van der Waals surface area (Å²) in [6.07, 6.45) is 0.111. The summed E-state index contributed by atoms with van der Waals surface area (Å²) in [6, 6.07) is 0. The van der Waals surface area contributed by atoms with E-state index in [0.29, 0.717) is 0 Å². The largest absolute Gasteiger partial charge is 0.550 e. The Hall–Kier alpha value is -0.610. The third-order valence-electron chi connectivity index (χ3n) is 0.289. The number of hydrogen-bond acceptors (Lipinski definition) is 2. The Morgan fingerprint density at radius 1 is 1.50 bits per heavy atom. The molecule has 0 bridgehead atoms. The average Bonchev–Trinajstić information content (AvgIpc) is 1.61. The van der Waals surface area contributed by atoms with Crippen molar-refractivity contribution >= 4 is 5.97 Å². The van der Waals surface area contributed by atoms with Crippen molar-refractivity contribution < 1.29 is 21.4 Å². The zero-order valence-electron chi connectivity index (χ0n) is 6.94. The van der Waals surface area contributed by atoms with Crippen LogP contribution in [0.15, 0.2) is 0 Å². The van der Waals surface area contributed by atoms with Crippen LogP contribution in [0.5, 0.6) is 0 Å². The fourth-order valence-corrected chi connectivity index (χ4v) is 0. The molecule has 0 aromatic heterocycles. The summed E-state index contributed by atoms with van der Waals surface area (Å²) < 4.78 is 0. The van der Waals surface area contributed by atoms with Gasteiger partial charge in [-0.2, -0.15) is 0 Å². The van der Waals surface area contributed by atoms with E-state index < -0.39 is 5.97 Å². The monoisotopic (exact) mass is 149 g/mol. The molecule has 0 atom stereocenters. The van der Waals surface area contributed by atoms with Gasteiger partial charge in [-0.05, 0) is 6.42 Å². The van der Waals surface area contributed by atoms with Crippen molar-refractivity contribution in [2.75, 3.05) is 0 Å². The van der Waals surface area contributed by atoms with E-state index >= 15 is 0 Å². The van der Waals surface area contributed by atoms with Crippen molar-refractivity contribution in [3.63, 3.8) is 0 Å². The Kier molecular flexibility index (Phi) is 6.29. The molecule has 10 heavy (non-hydrogen) atoms. The van der Waals surface area contributed by atoms with E-state index in [0.717, 1.165) is 0 Å². The third-order valence-corrected chi connectivity index (χ3v) is 0.289. The maximum absolute atomic E-state index is 9.26. The molecule has 0 amide bonds. The van der Waals surface area contributed by atoms with Gasteiger partial charge >= 0.3 is 0 Å². The van der Waals surface area contributed by atoms with Crippen LogP contribution < -0.4 is 16.6 Å². The van der Waals surface area contributed by atoms with Crippen molar-refractivity contribution in [2.24, 2.45) is 0 Å². The molecule has 0 saturated heterocycles. The quantitative estimate of drug-likeness (QED) is 0.398. The van der Waals surface area contributed by atoms with Crippen LogP contribution in [-0.2, 0) is 4.79 Å². The molecule has 0 aliphatic heterocycles. The Balaban J connectivity index is 0. The van der Waals surface area contributed by atoms with Gasteiger partial charge in [-0.15, -0.1) is 0 Å². The lowest BCUT2D eigenvalue weighted by atomic mass is 10.3. The highest BCUT2D eigenvalue weighted by Crippen LogP contribution is 1.67. The number of rotatable bonds is 1. The number of carbonyl (C=O) groups excluding carboxylic acids is 1. The molecule has 4 nitrogen and oxygen atoms in total. The molecule has 0 radical (unpaired) electrons. The lowest BCUT2D eigenvalue weighted by molar-refractivity contribution is -0.708. The summed E-state index contributed by atoms with van der Waals surface area (Å²) in [5.41, 5.74) is 7.32. The van der Waals surface area contributed by atoms with Crippen LogP contribution in [0.1, 0.15) is 27.2 Å². The number of hydrogen-bond donors (Lipinski definition) is 2. The Bertz CT molecular complexity index is 90.4. The van der Waals surface area contributed by atoms with Crippen LogP contribution in [0.4, 0.5) is 0 Å². The highest BCUT2D eigenvalue weighted by Gasteiger charge is 2.05. The fraction of sp³-hybridized carbons (Fsp3) is 0.833. The standard InChI is InChI=1S/C3H10N2.C3H6O2/c1-3(2,4)5;1-2-3(4)5/h4-5H2,1-2H3;2H2,1H3,(H,4,5)/p+1. The van der Waals surface area contributed by atoms with Gasteiger partial charge < -0.3 is 21.4 Å². The average molecular weight is 149 g/mol. The second-order valence-electron chi connectivity index (χ2n) is 2.89. The Labute approximate surface area is 61.2 Å². The molecule has 0 heterocycles. The van der Waals surface area contributed by atoms with Gasteiger partial charge in [0.1, 0.15) is 0 Å². The SMILES string of the molecule is CC(C)([NH3+])[NH3+].CCC(=O)[O-]. The molecule has 0 rings (SSSR count). The van der Waals surface area contributed by atoms with Crippen LogP contribution in [0, 0.1) is 0 Å². The highest BCUT2D eigenvalue weighted by molar-refractivity contribution is 5.63. The second-order valence-corrected chi connectivity index (χ2v) is 2.89. The Morgan fingerprint density at radius 3 is 1.60 bits per heavy atom. The second kappa shape index (κ2) is 5.20. The van der Waals surface area contributed by atoms with Crippen LogP contribution >= 0.6 is 0 Å². The smallest absolute Gasteiger partial charge is 0.210 e. The summed E-state index contributed by atoms with van der Waals surface area (Å²) in [5.74, 6) is -0.995. The summed E-state index contributed by atoms with van der Waals surface area (Å²) in [5, 5.41) is 9.26. The summed E-state index contributed by atoms with van der Waals surface area (Å²) >= 11 is 0. The maximum atomic E-state index is 9.26. The maximum Gasteiger partial charge on any atom is 0.210 e. The van der Waals surface area contributed by atoms with Crippen LogP contribution in [-0.4, -0.2) is 11.6 Å². The van der Waals surface area contributed by atoms with Crippen molar-refractivity contribution in [1.29, 1.82) is 0 Å². The van der Waals surface area contributed by atoms with E-state index in [-0.39, 0.29) is 12.1 Å². The third kappa shape index (κ3) is 156. The van der Waals surface area contributed by atoms with Crippen molar-refractivity contribution in [3.05, 3.63) is 0 Å². The van der Waals surface area contributed by atoms with Gasteiger partial charge in [0.2, 0.25) is 5.66 Å². The molecule has 0 aromatic rings. The van der Waals surface area contributed by atoms with Crippen molar-refractivity contribution in [3.8, 4) is 0 Å². The zero-order valence-corrected chi connectivity index (χ0v) is 6.94. The molecule has 0 aliphatic rings. The van der Waals surface area contributed by atoms with E-state index in [2.05, 4.69) is 11.5 Å². The van der Waals surface area contributed by atoms with Crippen LogP contribution in [0.25, 0.3) is 0 Å². The van der Waals surface area contributed by atoms with E-state index in [1.54, 1.807) is 0 Å².